The highest BCUT2D eigenvalue weighted by atomic mass is 79.9. The normalized spacial score (nSPS) is 21.6. The van der Waals surface area contributed by atoms with Crippen LogP contribution in [0.5, 0.6) is 0 Å². The number of esters is 2. The zero-order chi connectivity index (χ0) is 22.4. The first-order valence-corrected chi connectivity index (χ1v) is 10.7. The highest BCUT2D eigenvalue weighted by molar-refractivity contribution is 9.09. The molecule has 1 heterocycles. The van der Waals surface area contributed by atoms with Gasteiger partial charge in [0.15, 0.2) is 18.2 Å². The molecule has 2 aromatic carbocycles. The van der Waals surface area contributed by atoms with E-state index in [0.717, 1.165) is 0 Å². The molecule has 1 saturated heterocycles. The fourth-order valence-corrected chi connectivity index (χ4v) is 3.74. The van der Waals surface area contributed by atoms with Crippen LogP contribution >= 0.6 is 15.9 Å². The number of benzene rings is 2. The number of hydrogen-bond acceptors (Lipinski definition) is 7. The number of rotatable bonds is 8. The first-order valence-electron chi connectivity index (χ1n) is 9.74. The lowest BCUT2D eigenvalue weighted by Crippen LogP contribution is -2.44. The van der Waals surface area contributed by atoms with Gasteiger partial charge in [0, 0.05) is 0 Å². The molecule has 0 aliphatic carbocycles. The van der Waals surface area contributed by atoms with Gasteiger partial charge in [-0.05, 0) is 38.1 Å². The molecule has 1 aliphatic rings. The van der Waals surface area contributed by atoms with E-state index in [1.165, 1.54) is 0 Å². The molecule has 0 saturated carbocycles. The second-order valence-electron chi connectivity index (χ2n) is 7.42. The number of aldehydes is 1. The van der Waals surface area contributed by atoms with Crippen LogP contribution in [-0.4, -0.2) is 53.8 Å². The molecule has 2 aromatic rings. The number of hydrogen-bond donors (Lipinski definition) is 0. The fourth-order valence-electron chi connectivity index (χ4n) is 3.20. The van der Waals surface area contributed by atoms with Gasteiger partial charge in [-0.25, -0.2) is 9.59 Å². The molecule has 8 heteroatoms. The Morgan fingerprint density at radius 3 is 2.03 bits per heavy atom. The Morgan fingerprint density at radius 1 is 0.968 bits per heavy atom. The van der Waals surface area contributed by atoms with Crippen molar-refractivity contribution in [1.29, 1.82) is 0 Å². The van der Waals surface area contributed by atoms with Crippen molar-refractivity contribution < 1.29 is 33.3 Å². The van der Waals surface area contributed by atoms with Crippen molar-refractivity contribution in [3.8, 4) is 0 Å². The summed E-state index contributed by atoms with van der Waals surface area (Å²) in [5.74, 6) is -2.15. The zero-order valence-electron chi connectivity index (χ0n) is 17.1. The summed E-state index contributed by atoms with van der Waals surface area (Å²) in [5, 5.41) is 0. The minimum atomic E-state index is -1.20. The smallest absolute Gasteiger partial charge is 0.338 e. The van der Waals surface area contributed by atoms with E-state index in [1.807, 2.05) is 0 Å². The van der Waals surface area contributed by atoms with Crippen molar-refractivity contribution in [3.05, 3.63) is 71.8 Å². The fraction of sp³-hybridized carbons (Fsp3) is 0.348. The molecule has 0 amide bonds. The maximum Gasteiger partial charge on any atom is 0.338 e. The van der Waals surface area contributed by atoms with E-state index in [2.05, 4.69) is 15.9 Å². The van der Waals surface area contributed by atoms with Gasteiger partial charge in [0.1, 0.15) is 18.8 Å². The van der Waals surface area contributed by atoms with Gasteiger partial charge in [-0.3, -0.25) is 4.79 Å². The van der Waals surface area contributed by atoms with Crippen LogP contribution in [0.4, 0.5) is 0 Å². The Hall–Kier alpha value is -2.55. The molecule has 1 aliphatic heterocycles. The summed E-state index contributed by atoms with van der Waals surface area (Å²) in [6.45, 7) is 3.35. The topological polar surface area (TPSA) is 88.1 Å². The van der Waals surface area contributed by atoms with Crippen LogP contribution in [0.25, 0.3) is 0 Å². The Labute approximate surface area is 188 Å². The maximum atomic E-state index is 12.4. The van der Waals surface area contributed by atoms with Crippen LogP contribution in [0.15, 0.2) is 60.7 Å². The Balaban J connectivity index is 1.68. The molecule has 0 spiro atoms. The molecule has 164 valence electrons. The van der Waals surface area contributed by atoms with Crippen molar-refractivity contribution in [2.45, 2.75) is 42.8 Å². The number of ether oxygens (including phenoxy) is 4. The maximum absolute atomic E-state index is 12.4. The van der Waals surface area contributed by atoms with E-state index in [9.17, 15) is 14.4 Å². The highest BCUT2D eigenvalue weighted by Gasteiger charge is 2.49. The summed E-state index contributed by atoms with van der Waals surface area (Å²) >= 11 is 3.47. The first-order chi connectivity index (χ1) is 14.8. The van der Waals surface area contributed by atoms with Gasteiger partial charge in [0.2, 0.25) is 0 Å². The van der Waals surface area contributed by atoms with Crippen molar-refractivity contribution >= 4 is 34.2 Å². The molecule has 0 N–H and O–H groups in total. The number of halogens is 1. The molecule has 0 aromatic heterocycles. The lowest BCUT2D eigenvalue weighted by molar-refractivity contribution is -0.157. The quantitative estimate of drug-likeness (QED) is 0.317. The standard InChI is InChI=1S/C23H23BrO7/c1-23(2)30-19(17(24)14-28-21(26)15-9-5-3-6-10-15)20(31-23)18(13-25)29-22(27)16-11-7-4-8-12-16/h3-13,17-20H,14H2,1-2H3. The van der Waals surface area contributed by atoms with E-state index >= 15 is 0 Å². The third-order valence-electron chi connectivity index (χ3n) is 4.61. The van der Waals surface area contributed by atoms with Crippen LogP contribution in [0, 0.1) is 0 Å². The molecule has 0 radical (unpaired) electrons. The highest BCUT2D eigenvalue weighted by Crippen LogP contribution is 2.35. The van der Waals surface area contributed by atoms with Gasteiger partial charge in [-0.15, -0.1) is 0 Å². The predicted molar refractivity (Wildman–Crippen MR) is 115 cm³/mol. The lowest BCUT2D eigenvalue weighted by atomic mass is 10.1. The van der Waals surface area contributed by atoms with Crippen LogP contribution in [0.2, 0.25) is 0 Å². The van der Waals surface area contributed by atoms with Crippen molar-refractivity contribution in [1.82, 2.24) is 0 Å². The number of carbonyl (C=O) groups excluding carboxylic acids is 3. The number of alkyl halides is 1. The van der Waals surface area contributed by atoms with Crippen molar-refractivity contribution in [2.75, 3.05) is 6.61 Å². The molecule has 3 rings (SSSR count). The minimum absolute atomic E-state index is 0.0352. The van der Waals surface area contributed by atoms with Crippen LogP contribution in [-0.2, 0) is 23.7 Å². The van der Waals surface area contributed by atoms with Crippen LogP contribution in [0.3, 0.4) is 0 Å². The Bertz CT molecular complexity index is 901. The summed E-state index contributed by atoms with van der Waals surface area (Å²) in [7, 11) is 0. The second-order valence-corrected chi connectivity index (χ2v) is 8.59. The molecule has 1 fully saturated rings. The van der Waals surface area contributed by atoms with Gasteiger partial charge in [-0.2, -0.15) is 0 Å². The average Bonchev–Trinajstić information content (AvgIpc) is 3.11. The van der Waals surface area contributed by atoms with Gasteiger partial charge < -0.3 is 18.9 Å². The van der Waals surface area contributed by atoms with Gasteiger partial charge >= 0.3 is 11.9 Å². The molecule has 4 unspecified atom stereocenters. The predicted octanol–water partition coefficient (Wildman–Crippen LogP) is 3.55. The minimum Gasteiger partial charge on any atom is -0.461 e. The summed E-state index contributed by atoms with van der Waals surface area (Å²) < 4.78 is 22.5. The summed E-state index contributed by atoms with van der Waals surface area (Å²) in [6, 6.07) is 16.9. The Kier molecular flexibility index (Phi) is 7.59. The molecule has 7 nitrogen and oxygen atoms in total. The second kappa shape index (κ2) is 10.2. The first kappa shape index (κ1) is 23.1. The van der Waals surface area contributed by atoms with E-state index in [-0.39, 0.29) is 6.61 Å². The third kappa shape index (κ3) is 6.00. The van der Waals surface area contributed by atoms with Crippen LogP contribution < -0.4 is 0 Å². The van der Waals surface area contributed by atoms with E-state index in [0.29, 0.717) is 17.4 Å². The van der Waals surface area contributed by atoms with E-state index in [1.54, 1.807) is 74.5 Å². The molecule has 31 heavy (non-hydrogen) atoms. The molecule has 0 bridgehead atoms. The van der Waals surface area contributed by atoms with Gasteiger partial charge in [-0.1, -0.05) is 52.3 Å². The van der Waals surface area contributed by atoms with E-state index < -0.39 is 40.9 Å². The summed E-state index contributed by atoms with van der Waals surface area (Å²) in [6.07, 6.45) is -2.29. The lowest BCUT2D eigenvalue weighted by Gasteiger charge is -2.25. The third-order valence-corrected chi connectivity index (χ3v) is 5.40. The number of carbonyl (C=O) groups is 3. The Morgan fingerprint density at radius 2 is 1.48 bits per heavy atom. The van der Waals surface area contributed by atoms with Gasteiger partial charge in [0.05, 0.1) is 16.0 Å². The summed E-state index contributed by atoms with van der Waals surface area (Å²) in [4.78, 5) is 35.9. The van der Waals surface area contributed by atoms with Gasteiger partial charge in [0.25, 0.3) is 0 Å². The molecule has 4 atom stereocenters. The molecular formula is C23H23BrO7. The monoisotopic (exact) mass is 490 g/mol. The van der Waals surface area contributed by atoms with E-state index in [4.69, 9.17) is 18.9 Å². The summed E-state index contributed by atoms with van der Waals surface area (Å²) in [5.41, 5.74) is 0.737. The van der Waals surface area contributed by atoms with Crippen molar-refractivity contribution in [3.63, 3.8) is 0 Å². The molecular weight excluding hydrogens is 468 g/mol. The van der Waals surface area contributed by atoms with Crippen LogP contribution in [0.1, 0.15) is 34.6 Å². The average molecular weight is 491 g/mol. The van der Waals surface area contributed by atoms with Crippen molar-refractivity contribution in [2.24, 2.45) is 0 Å². The largest absolute Gasteiger partial charge is 0.461 e. The SMILES string of the molecule is CC1(C)OC(C(Br)COC(=O)c2ccccc2)C(C(C=O)OC(=O)c2ccccc2)O1. The zero-order valence-corrected chi connectivity index (χ0v) is 18.7.